The van der Waals surface area contributed by atoms with Gasteiger partial charge in [0.25, 0.3) is 0 Å². The van der Waals surface area contributed by atoms with Crippen molar-refractivity contribution in [3.05, 3.63) is 35.5 Å². The van der Waals surface area contributed by atoms with Crippen molar-refractivity contribution in [3.8, 4) is 11.5 Å². The number of methoxy groups -OCH3 is 2. The number of halogens is 5. The lowest BCUT2D eigenvalue weighted by atomic mass is 10.1. The number of alkyl halides is 5. The van der Waals surface area contributed by atoms with E-state index in [0.717, 1.165) is 16.5 Å². The third-order valence-corrected chi connectivity index (χ3v) is 4.25. The van der Waals surface area contributed by atoms with Crippen molar-refractivity contribution in [2.45, 2.75) is 24.9 Å². The lowest BCUT2D eigenvalue weighted by Crippen LogP contribution is -2.48. The third-order valence-electron chi connectivity index (χ3n) is 4.25. The van der Waals surface area contributed by atoms with E-state index in [0.29, 0.717) is 11.5 Å². The van der Waals surface area contributed by atoms with Crippen molar-refractivity contribution in [2.75, 3.05) is 40.5 Å². The molecule has 1 aromatic carbocycles. The summed E-state index contributed by atoms with van der Waals surface area (Å²) in [5, 5.41) is 0. The average Bonchev–Trinajstić information content (AvgIpc) is 2.64. The van der Waals surface area contributed by atoms with Crippen LogP contribution in [0.1, 0.15) is 12.0 Å². The fourth-order valence-electron chi connectivity index (χ4n) is 2.82. The topological polar surface area (TPSA) is 30.9 Å². The number of hydrogen-bond acceptors (Lipinski definition) is 4. The van der Waals surface area contributed by atoms with Gasteiger partial charge in [0.15, 0.2) is 11.5 Å². The van der Waals surface area contributed by atoms with E-state index in [2.05, 4.69) is 0 Å². The highest BCUT2D eigenvalue weighted by molar-refractivity contribution is 5.43. The Hall–Kier alpha value is -2.03. The number of aryl methyl sites for hydroxylation is 1. The second kappa shape index (κ2) is 8.77. The van der Waals surface area contributed by atoms with Gasteiger partial charge in [0, 0.05) is 13.1 Å². The molecular formula is C18H22F5NO3. The Kier molecular flexibility index (Phi) is 6.91. The third kappa shape index (κ3) is 5.03. The number of rotatable bonds is 7. The second-order valence-corrected chi connectivity index (χ2v) is 5.99. The van der Waals surface area contributed by atoms with Gasteiger partial charge < -0.3 is 19.1 Å². The van der Waals surface area contributed by atoms with Crippen LogP contribution in [0.5, 0.6) is 11.5 Å². The van der Waals surface area contributed by atoms with Crippen LogP contribution in [0.4, 0.5) is 22.0 Å². The predicted octanol–water partition coefficient (Wildman–Crippen LogP) is 4.05. The highest BCUT2D eigenvalue weighted by atomic mass is 19.4. The normalized spacial score (nSPS) is 16.4. The molecule has 0 bridgehead atoms. The fraction of sp³-hybridized carbons (Fsp3) is 0.556. The second-order valence-electron chi connectivity index (χ2n) is 5.99. The van der Waals surface area contributed by atoms with Gasteiger partial charge in [0.2, 0.25) is 0 Å². The molecule has 0 N–H and O–H groups in total. The van der Waals surface area contributed by atoms with E-state index < -0.39 is 17.8 Å². The van der Waals surface area contributed by atoms with Gasteiger partial charge in [-0.3, -0.25) is 0 Å². The van der Waals surface area contributed by atoms with Crippen LogP contribution in [0.2, 0.25) is 0 Å². The molecule has 1 aliphatic rings. The van der Waals surface area contributed by atoms with E-state index in [1.807, 2.05) is 0 Å². The molecular weight excluding hydrogens is 373 g/mol. The summed E-state index contributed by atoms with van der Waals surface area (Å²) >= 11 is 0. The van der Waals surface area contributed by atoms with Gasteiger partial charge in [-0.15, -0.1) is 0 Å². The smallest absolute Gasteiger partial charge is 0.459 e. The molecule has 0 aromatic heterocycles. The summed E-state index contributed by atoms with van der Waals surface area (Å²) in [6.07, 6.45) is -4.38. The summed E-state index contributed by atoms with van der Waals surface area (Å²) in [6, 6.07) is 5.04. The predicted molar refractivity (Wildman–Crippen MR) is 89.3 cm³/mol. The highest BCUT2D eigenvalue weighted by Crippen LogP contribution is 2.42. The molecule has 1 heterocycles. The minimum atomic E-state index is -5.65. The number of allylic oxidation sites excluding steroid dienone is 2. The molecule has 0 saturated carbocycles. The lowest BCUT2D eigenvalue weighted by Gasteiger charge is -2.35. The molecule has 1 saturated heterocycles. The Morgan fingerprint density at radius 2 is 1.70 bits per heavy atom. The van der Waals surface area contributed by atoms with Gasteiger partial charge in [0.05, 0.1) is 33.1 Å². The van der Waals surface area contributed by atoms with Crippen molar-refractivity contribution in [2.24, 2.45) is 0 Å². The number of nitrogens with zero attached hydrogens (tertiary/aromatic N) is 1. The van der Waals surface area contributed by atoms with Crippen molar-refractivity contribution in [3.63, 3.8) is 0 Å². The first kappa shape index (κ1) is 21.3. The number of morpholine rings is 1. The Morgan fingerprint density at radius 3 is 2.26 bits per heavy atom. The molecule has 0 radical (unpaired) electrons. The first-order valence-electron chi connectivity index (χ1n) is 8.39. The molecule has 0 spiro atoms. The molecule has 1 aromatic rings. The molecule has 1 aliphatic heterocycles. The van der Waals surface area contributed by atoms with E-state index in [9.17, 15) is 22.0 Å². The quantitative estimate of drug-likeness (QED) is 0.652. The number of hydrogen-bond donors (Lipinski definition) is 0. The molecule has 152 valence electrons. The molecule has 9 heteroatoms. The van der Waals surface area contributed by atoms with E-state index >= 15 is 0 Å². The summed E-state index contributed by atoms with van der Waals surface area (Å²) in [5.41, 5.74) is -0.278. The van der Waals surface area contributed by atoms with Crippen LogP contribution in [0, 0.1) is 0 Å². The zero-order valence-corrected chi connectivity index (χ0v) is 15.1. The van der Waals surface area contributed by atoms with Crippen LogP contribution in [0.25, 0.3) is 0 Å². The van der Waals surface area contributed by atoms with Gasteiger partial charge in [-0.1, -0.05) is 12.1 Å². The minimum Gasteiger partial charge on any atom is -0.493 e. The SMILES string of the molecule is COc1ccc(CC/C=C(/N2CCOCC2)C(F)(F)C(F)(F)F)cc1OC. The standard InChI is InChI=1S/C18H22F5NO3/c1-25-14-7-6-13(12-15(14)26-2)4-3-5-16(17(19,20)18(21,22)23)24-8-10-27-11-9-24/h5-7,12H,3-4,8-11H2,1-2H3/b16-5+. The van der Waals surface area contributed by atoms with Crippen LogP contribution in [0.3, 0.4) is 0 Å². The zero-order valence-electron chi connectivity index (χ0n) is 15.1. The van der Waals surface area contributed by atoms with Gasteiger partial charge in [0.1, 0.15) is 0 Å². The van der Waals surface area contributed by atoms with Crippen LogP contribution >= 0.6 is 0 Å². The summed E-state index contributed by atoms with van der Waals surface area (Å²) in [7, 11) is 2.94. The Morgan fingerprint density at radius 1 is 1.07 bits per heavy atom. The van der Waals surface area contributed by atoms with Gasteiger partial charge in [-0.2, -0.15) is 22.0 Å². The summed E-state index contributed by atoms with van der Waals surface area (Å²) in [6.45, 7) is 0.212. The maximum atomic E-state index is 14.0. The van der Waals surface area contributed by atoms with E-state index in [4.69, 9.17) is 14.2 Å². The maximum Gasteiger partial charge on any atom is 0.459 e. The highest BCUT2D eigenvalue weighted by Gasteiger charge is 2.61. The Bertz CT molecular complexity index is 655. The summed E-state index contributed by atoms with van der Waals surface area (Å²) < 4.78 is 82.0. The van der Waals surface area contributed by atoms with Gasteiger partial charge >= 0.3 is 12.1 Å². The van der Waals surface area contributed by atoms with Crippen molar-refractivity contribution in [1.82, 2.24) is 4.90 Å². The van der Waals surface area contributed by atoms with E-state index in [1.54, 1.807) is 18.2 Å². The van der Waals surface area contributed by atoms with Crippen LogP contribution in [0.15, 0.2) is 30.0 Å². The maximum absolute atomic E-state index is 14.0. The average molecular weight is 395 g/mol. The molecule has 4 nitrogen and oxygen atoms in total. The summed E-state index contributed by atoms with van der Waals surface area (Å²) in [4.78, 5) is 1.05. The van der Waals surface area contributed by atoms with Gasteiger partial charge in [-0.25, -0.2) is 0 Å². The molecule has 2 rings (SSSR count). The molecule has 0 amide bonds. The fourth-order valence-corrected chi connectivity index (χ4v) is 2.82. The number of benzene rings is 1. The van der Waals surface area contributed by atoms with Crippen molar-refractivity contribution >= 4 is 0 Å². The van der Waals surface area contributed by atoms with Crippen molar-refractivity contribution in [1.29, 1.82) is 0 Å². The molecule has 0 atom stereocenters. The van der Waals surface area contributed by atoms with E-state index in [-0.39, 0.29) is 39.1 Å². The molecule has 1 fully saturated rings. The Balaban J connectivity index is 2.19. The lowest BCUT2D eigenvalue weighted by molar-refractivity contribution is -0.271. The molecule has 0 aliphatic carbocycles. The first-order chi connectivity index (χ1) is 12.7. The minimum absolute atomic E-state index is 0.00609. The van der Waals surface area contributed by atoms with Crippen LogP contribution < -0.4 is 9.47 Å². The zero-order chi connectivity index (χ0) is 20.1. The molecule has 27 heavy (non-hydrogen) atoms. The first-order valence-corrected chi connectivity index (χ1v) is 8.39. The van der Waals surface area contributed by atoms with Crippen LogP contribution in [-0.2, 0) is 11.2 Å². The monoisotopic (exact) mass is 395 g/mol. The largest absolute Gasteiger partial charge is 0.493 e. The van der Waals surface area contributed by atoms with E-state index in [1.165, 1.54) is 14.2 Å². The molecule has 0 unspecified atom stereocenters. The van der Waals surface area contributed by atoms with Crippen molar-refractivity contribution < 1.29 is 36.2 Å². The summed E-state index contributed by atoms with van der Waals surface area (Å²) in [5.74, 6) is -3.94. The Labute approximate surface area is 154 Å². The number of ether oxygens (including phenoxy) is 3. The van der Waals surface area contributed by atoms with Crippen LogP contribution in [-0.4, -0.2) is 57.5 Å². The van der Waals surface area contributed by atoms with Gasteiger partial charge in [-0.05, 0) is 30.5 Å².